The first kappa shape index (κ1) is 13.9. The Kier molecular flexibility index (Phi) is 3.81. The van der Waals surface area contributed by atoms with Gasteiger partial charge in [-0.25, -0.2) is 0 Å². The maximum absolute atomic E-state index is 9.29. The van der Waals surface area contributed by atoms with Crippen LogP contribution in [0.5, 0.6) is 0 Å². The first-order valence-electron chi connectivity index (χ1n) is 7.45. The van der Waals surface area contributed by atoms with Crippen molar-refractivity contribution in [2.24, 2.45) is 5.41 Å². The second-order valence-electron chi connectivity index (χ2n) is 6.16. The van der Waals surface area contributed by atoms with Gasteiger partial charge in [0.25, 0.3) is 0 Å². The zero-order valence-electron chi connectivity index (χ0n) is 12.4. The molecule has 1 fully saturated rings. The molecule has 0 bridgehead atoms. The van der Waals surface area contributed by atoms with Gasteiger partial charge >= 0.3 is 0 Å². The topological polar surface area (TPSA) is 40.2 Å². The summed E-state index contributed by atoms with van der Waals surface area (Å²) in [5.74, 6) is 0.900. The third-order valence-corrected chi connectivity index (χ3v) is 4.21. The highest BCUT2D eigenvalue weighted by molar-refractivity contribution is 5.57. The largest absolute Gasteiger partial charge is 0.464 e. The van der Waals surface area contributed by atoms with Crippen molar-refractivity contribution in [3.05, 3.63) is 48.2 Å². The van der Waals surface area contributed by atoms with Crippen LogP contribution in [0.15, 0.2) is 47.1 Å². The van der Waals surface area contributed by atoms with E-state index in [9.17, 15) is 5.26 Å². The summed E-state index contributed by atoms with van der Waals surface area (Å²) in [5, 5.41) is 9.29. The fraction of sp³-hybridized carbons (Fsp3) is 0.389. The van der Waals surface area contributed by atoms with Crippen molar-refractivity contribution in [2.45, 2.75) is 26.3 Å². The summed E-state index contributed by atoms with van der Waals surface area (Å²) in [4.78, 5) is 2.38. The molecule has 0 saturated carbocycles. The number of hydrogen-bond donors (Lipinski definition) is 0. The molecule has 2 aromatic rings. The second-order valence-corrected chi connectivity index (χ2v) is 6.16. The molecule has 2 heterocycles. The summed E-state index contributed by atoms with van der Waals surface area (Å²) >= 11 is 0. The van der Waals surface area contributed by atoms with E-state index in [0.717, 1.165) is 43.8 Å². The average molecular weight is 280 g/mol. The molecule has 3 rings (SSSR count). The molecule has 0 radical (unpaired) electrons. The summed E-state index contributed by atoms with van der Waals surface area (Å²) in [7, 11) is 0. The molecule has 1 unspecified atom stereocenters. The lowest BCUT2D eigenvalue weighted by molar-refractivity contribution is 0.137. The number of furan rings is 1. The number of piperidine rings is 1. The third-order valence-electron chi connectivity index (χ3n) is 4.21. The van der Waals surface area contributed by atoms with Crippen LogP contribution in [0, 0.1) is 16.7 Å². The molecular formula is C18H20N2O. The van der Waals surface area contributed by atoms with Crippen molar-refractivity contribution < 1.29 is 4.42 Å². The van der Waals surface area contributed by atoms with E-state index in [1.807, 2.05) is 12.1 Å². The molecule has 0 amide bonds. The van der Waals surface area contributed by atoms with E-state index in [-0.39, 0.29) is 5.41 Å². The molecule has 3 nitrogen and oxygen atoms in total. The highest BCUT2D eigenvalue weighted by atomic mass is 16.3. The van der Waals surface area contributed by atoms with Crippen LogP contribution in [0.25, 0.3) is 11.3 Å². The first-order chi connectivity index (χ1) is 10.2. The van der Waals surface area contributed by atoms with Gasteiger partial charge in [0.15, 0.2) is 0 Å². The Bertz CT molecular complexity index is 624. The Balaban J connectivity index is 1.67. The Morgan fingerprint density at radius 3 is 2.76 bits per heavy atom. The zero-order chi connectivity index (χ0) is 14.7. The van der Waals surface area contributed by atoms with Crippen molar-refractivity contribution in [3.63, 3.8) is 0 Å². The molecule has 21 heavy (non-hydrogen) atoms. The molecule has 1 aromatic carbocycles. The third kappa shape index (κ3) is 3.17. The van der Waals surface area contributed by atoms with Crippen molar-refractivity contribution in [2.75, 3.05) is 13.1 Å². The summed E-state index contributed by atoms with van der Waals surface area (Å²) in [6, 6.07) is 14.8. The molecule has 1 aliphatic rings. The number of likely N-dealkylation sites (tertiary alicyclic amines) is 1. The summed E-state index contributed by atoms with van der Waals surface area (Å²) < 4.78 is 5.40. The molecule has 108 valence electrons. The number of benzene rings is 1. The van der Waals surface area contributed by atoms with Gasteiger partial charge in [0, 0.05) is 18.7 Å². The Morgan fingerprint density at radius 1 is 1.29 bits per heavy atom. The fourth-order valence-electron chi connectivity index (χ4n) is 3.05. The second kappa shape index (κ2) is 5.75. The minimum absolute atomic E-state index is 0.188. The Morgan fingerprint density at radius 2 is 2.10 bits per heavy atom. The first-order valence-corrected chi connectivity index (χ1v) is 7.45. The van der Waals surface area contributed by atoms with Crippen molar-refractivity contribution in [1.82, 2.24) is 4.90 Å². The van der Waals surface area contributed by atoms with Gasteiger partial charge in [-0.15, -0.1) is 0 Å². The highest BCUT2D eigenvalue weighted by Crippen LogP contribution is 2.29. The molecule has 1 aliphatic heterocycles. The van der Waals surface area contributed by atoms with Crippen molar-refractivity contribution in [3.8, 4) is 17.4 Å². The fourth-order valence-corrected chi connectivity index (χ4v) is 3.05. The molecule has 0 N–H and O–H groups in total. The maximum Gasteiger partial charge on any atom is 0.133 e. The normalized spacial score (nSPS) is 22.9. The number of nitrogens with zero attached hydrogens (tertiary/aromatic N) is 2. The van der Waals surface area contributed by atoms with Crippen LogP contribution in [0.4, 0.5) is 0 Å². The SMILES string of the molecule is CC1(C#N)CCCN(Cc2ccc(-c3ccco3)cc2)C1. The molecule has 0 aliphatic carbocycles. The summed E-state index contributed by atoms with van der Waals surface area (Å²) in [5.41, 5.74) is 2.20. The van der Waals surface area contributed by atoms with Gasteiger partial charge in [0.2, 0.25) is 0 Å². The van der Waals surface area contributed by atoms with E-state index in [4.69, 9.17) is 4.42 Å². The lowest BCUT2D eigenvalue weighted by Gasteiger charge is -2.35. The number of hydrogen-bond acceptors (Lipinski definition) is 3. The zero-order valence-corrected chi connectivity index (χ0v) is 12.4. The minimum Gasteiger partial charge on any atom is -0.464 e. The van der Waals surface area contributed by atoms with Crippen LogP contribution in [-0.2, 0) is 6.54 Å². The molecule has 1 atom stereocenters. The van der Waals surface area contributed by atoms with E-state index in [0.29, 0.717) is 0 Å². The van der Waals surface area contributed by atoms with Gasteiger partial charge in [0.05, 0.1) is 17.7 Å². The van der Waals surface area contributed by atoms with E-state index in [1.165, 1.54) is 5.56 Å². The quantitative estimate of drug-likeness (QED) is 0.850. The Hall–Kier alpha value is -2.05. The van der Waals surface area contributed by atoms with Gasteiger partial charge in [-0.1, -0.05) is 24.3 Å². The lowest BCUT2D eigenvalue weighted by atomic mass is 9.83. The van der Waals surface area contributed by atoms with Gasteiger partial charge < -0.3 is 4.42 Å². The van der Waals surface area contributed by atoms with Crippen LogP contribution in [0.3, 0.4) is 0 Å². The van der Waals surface area contributed by atoms with Gasteiger partial charge in [-0.3, -0.25) is 4.90 Å². The van der Waals surface area contributed by atoms with Crippen LogP contribution in [0.2, 0.25) is 0 Å². The van der Waals surface area contributed by atoms with Crippen LogP contribution >= 0.6 is 0 Å². The monoisotopic (exact) mass is 280 g/mol. The molecule has 0 spiro atoms. The molecule has 3 heteroatoms. The van der Waals surface area contributed by atoms with Gasteiger partial charge in [-0.2, -0.15) is 5.26 Å². The Labute approximate surface area is 125 Å². The average Bonchev–Trinajstić information content (AvgIpc) is 3.02. The van der Waals surface area contributed by atoms with Gasteiger partial charge in [0.1, 0.15) is 5.76 Å². The van der Waals surface area contributed by atoms with Crippen molar-refractivity contribution in [1.29, 1.82) is 5.26 Å². The molecule has 1 aromatic heterocycles. The highest BCUT2D eigenvalue weighted by Gasteiger charge is 2.30. The molecule has 1 saturated heterocycles. The van der Waals surface area contributed by atoms with Crippen LogP contribution < -0.4 is 0 Å². The van der Waals surface area contributed by atoms with E-state index < -0.39 is 0 Å². The van der Waals surface area contributed by atoms with E-state index in [2.05, 4.69) is 42.2 Å². The van der Waals surface area contributed by atoms with Gasteiger partial charge in [-0.05, 0) is 44.0 Å². The van der Waals surface area contributed by atoms with E-state index >= 15 is 0 Å². The smallest absolute Gasteiger partial charge is 0.133 e. The number of rotatable bonds is 3. The van der Waals surface area contributed by atoms with E-state index in [1.54, 1.807) is 6.26 Å². The molecular weight excluding hydrogens is 260 g/mol. The number of nitriles is 1. The summed E-state index contributed by atoms with van der Waals surface area (Å²) in [6.45, 7) is 4.93. The van der Waals surface area contributed by atoms with Crippen LogP contribution in [0.1, 0.15) is 25.3 Å². The lowest BCUT2D eigenvalue weighted by Crippen LogP contribution is -2.40. The van der Waals surface area contributed by atoms with Crippen molar-refractivity contribution >= 4 is 0 Å². The summed E-state index contributed by atoms with van der Waals surface area (Å²) in [6.07, 6.45) is 3.81. The predicted octanol–water partition coefficient (Wildman–Crippen LogP) is 4.07. The maximum atomic E-state index is 9.29. The minimum atomic E-state index is -0.188. The standard InChI is InChI=1S/C18H20N2O/c1-18(13-19)9-3-10-20(14-18)12-15-5-7-16(8-6-15)17-4-2-11-21-17/h2,4-8,11H,3,9-10,12,14H2,1H3. The predicted molar refractivity (Wildman–Crippen MR) is 82.4 cm³/mol. The van der Waals surface area contributed by atoms with Crippen LogP contribution in [-0.4, -0.2) is 18.0 Å².